The second-order valence-corrected chi connectivity index (χ2v) is 12.4. The van der Waals surface area contributed by atoms with Crippen molar-refractivity contribution in [1.82, 2.24) is 0 Å². The van der Waals surface area contributed by atoms with Gasteiger partial charge in [-0.3, -0.25) is 0 Å². The predicted molar refractivity (Wildman–Crippen MR) is 183 cm³/mol. The van der Waals surface area contributed by atoms with Gasteiger partial charge in [0.05, 0.1) is 19.8 Å². The highest BCUT2D eigenvalue weighted by atomic mass is 35.5. The normalized spacial score (nSPS) is 10.4. The Hall–Kier alpha value is -3.63. The lowest BCUT2D eigenvalue weighted by Crippen LogP contribution is -2.14. The fourth-order valence-electron chi connectivity index (χ4n) is 3.95. The number of aliphatic hydroxyl groups excluding tert-OH is 1. The summed E-state index contributed by atoms with van der Waals surface area (Å²) in [6.07, 6.45) is 0. The molecule has 0 aliphatic rings. The van der Waals surface area contributed by atoms with E-state index in [-0.39, 0.29) is 31.8 Å². The molecule has 10 heteroatoms. The maximum Gasteiger partial charge on any atom is 0.344 e. The predicted octanol–water partition coefficient (Wildman–Crippen LogP) is 8.41. The number of alkyl halides is 1. The fraction of sp³-hybridized carbons (Fsp3) is 0.278. The van der Waals surface area contributed by atoms with Gasteiger partial charge in [-0.25, -0.2) is 9.59 Å². The Morgan fingerprint density at radius 3 is 1.37 bits per heavy atom. The van der Waals surface area contributed by atoms with Crippen molar-refractivity contribution in [2.75, 3.05) is 26.4 Å². The van der Waals surface area contributed by atoms with E-state index in [0.29, 0.717) is 30.6 Å². The average Bonchev–Trinajstić information content (AvgIpc) is 3.05. The van der Waals surface area contributed by atoms with Gasteiger partial charge < -0.3 is 24.1 Å². The smallest absolute Gasteiger partial charge is 0.344 e. The van der Waals surface area contributed by atoms with Gasteiger partial charge in [-0.2, -0.15) is 0 Å². The van der Waals surface area contributed by atoms with Crippen molar-refractivity contribution >= 4 is 47.1 Å². The number of aryl methyl sites for hydroxylation is 2. The molecular weight excluding hydrogens is 644 g/mol. The van der Waals surface area contributed by atoms with E-state index >= 15 is 0 Å². The van der Waals surface area contributed by atoms with Crippen molar-refractivity contribution in [3.05, 3.63) is 107 Å². The van der Waals surface area contributed by atoms with Crippen molar-refractivity contribution in [2.45, 2.75) is 59.8 Å². The SMILES string of the molecule is CCOC(=O)COc1ccc(Sc2ccc(CCl)cc2)cc1C.CCOC(=O)COc1ccc(Sc2ccc(CO)cc2)cc1C. The molecule has 0 radical (unpaired) electrons. The minimum atomic E-state index is -0.366. The summed E-state index contributed by atoms with van der Waals surface area (Å²) in [5.41, 5.74) is 3.95. The molecule has 0 aromatic heterocycles. The quantitative estimate of drug-likeness (QED) is 0.104. The summed E-state index contributed by atoms with van der Waals surface area (Å²) in [7, 11) is 0. The minimum absolute atomic E-state index is 0.0521. The highest BCUT2D eigenvalue weighted by molar-refractivity contribution is 7.99. The van der Waals surface area contributed by atoms with Crippen molar-refractivity contribution in [3.63, 3.8) is 0 Å². The zero-order valence-corrected chi connectivity index (χ0v) is 28.8. The van der Waals surface area contributed by atoms with E-state index in [4.69, 9.17) is 35.7 Å². The van der Waals surface area contributed by atoms with Gasteiger partial charge in [0.15, 0.2) is 13.2 Å². The molecule has 0 spiro atoms. The molecule has 0 aliphatic carbocycles. The number of benzene rings is 4. The fourth-order valence-corrected chi connectivity index (χ4v) is 5.97. The summed E-state index contributed by atoms with van der Waals surface area (Å²) in [4.78, 5) is 27.1. The molecule has 0 amide bonds. The molecule has 4 aromatic rings. The average molecular weight is 683 g/mol. The largest absolute Gasteiger partial charge is 0.482 e. The number of carbonyl (C=O) groups is 2. The first kappa shape index (κ1) is 36.8. The molecule has 244 valence electrons. The van der Waals surface area contributed by atoms with Gasteiger partial charge in [0.1, 0.15) is 11.5 Å². The molecular formula is C36H39ClO7S2. The summed E-state index contributed by atoms with van der Waals surface area (Å²) in [5, 5.41) is 9.05. The number of aliphatic hydroxyl groups is 1. The Bertz CT molecular complexity index is 1430. The summed E-state index contributed by atoms with van der Waals surface area (Å²) in [6, 6.07) is 27.7. The lowest BCUT2D eigenvalue weighted by atomic mass is 10.2. The first-order valence-corrected chi connectivity index (χ1v) is 16.9. The first-order chi connectivity index (χ1) is 22.2. The van der Waals surface area contributed by atoms with E-state index in [1.54, 1.807) is 37.4 Å². The van der Waals surface area contributed by atoms with Crippen LogP contribution in [0.25, 0.3) is 0 Å². The van der Waals surface area contributed by atoms with Crippen LogP contribution >= 0.6 is 35.1 Å². The number of carbonyl (C=O) groups excluding carboxylic acids is 2. The number of rotatable bonds is 14. The second-order valence-electron chi connectivity index (χ2n) is 9.83. The molecule has 0 saturated carbocycles. The van der Waals surface area contributed by atoms with Crippen LogP contribution in [0.15, 0.2) is 105 Å². The minimum Gasteiger partial charge on any atom is -0.482 e. The molecule has 7 nitrogen and oxygen atoms in total. The number of esters is 2. The van der Waals surface area contributed by atoms with Crippen LogP contribution in [0.2, 0.25) is 0 Å². The van der Waals surface area contributed by atoms with Crippen LogP contribution in [-0.4, -0.2) is 43.5 Å². The van der Waals surface area contributed by atoms with Crippen LogP contribution in [0.5, 0.6) is 11.5 Å². The molecule has 0 heterocycles. The Balaban J connectivity index is 0.000000250. The van der Waals surface area contributed by atoms with Crippen molar-refractivity contribution in [3.8, 4) is 11.5 Å². The van der Waals surface area contributed by atoms with Gasteiger partial charge in [-0.05, 0) is 111 Å². The lowest BCUT2D eigenvalue weighted by Gasteiger charge is -2.10. The molecule has 1 N–H and O–H groups in total. The zero-order valence-electron chi connectivity index (χ0n) is 26.4. The third kappa shape index (κ3) is 12.6. The lowest BCUT2D eigenvalue weighted by molar-refractivity contribution is -0.146. The van der Waals surface area contributed by atoms with Crippen LogP contribution in [-0.2, 0) is 31.5 Å². The van der Waals surface area contributed by atoms with Crippen molar-refractivity contribution in [1.29, 1.82) is 0 Å². The highest BCUT2D eigenvalue weighted by Gasteiger charge is 2.08. The van der Waals surface area contributed by atoms with Gasteiger partial charge in [0.2, 0.25) is 0 Å². The Kier molecular flexibility index (Phi) is 15.8. The van der Waals surface area contributed by atoms with Crippen LogP contribution in [0.4, 0.5) is 0 Å². The first-order valence-electron chi connectivity index (χ1n) is 14.7. The Labute approximate surface area is 284 Å². The molecule has 0 saturated heterocycles. The number of ether oxygens (including phenoxy) is 4. The topological polar surface area (TPSA) is 91.3 Å². The van der Waals surface area contributed by atoms with E-state index in [9.17, 15) is 9.59 Å². The van der Waals surface area contributed by atoms with E-state index in [2.05, 4.69) is 12.1 Å². The third-order valence-electron chi connectivity index (χ3n) is 6.25. The molecule has 46 heavy (non-hydrogen) atoms. The van der Waals surface area contributed by atoms with Gasteiger partial charge in [-0.1, -0.05) is 47.8 Å². The van der Waals surface area contributed by atoms with Gasteiger partial charge in [0, 0.05) is 25.5 Å². The standard InChI is InChI=1S/C18H19ClO3S.C18H20O4S/c2*1-3-21-18(20)12-22-17-9-8-16(10-13(17)2)23-15-6-4-14(11-19)5-7-15/h4-10H,3,11-12H2,1-2H3;4-10,19H,3,11-12H2,1-2H3. The molecule has 4 aromatic carbocycles. The van der Waals surface area contributed by atoms with Gasteiger partial charge in [0.25, 0.3) is 0 Å². The van der Waals surface area contributed by atoms with Crippen molar-refractivity contribution < 1.29 is 33.6 Å². The summed E-state index contributed by atoms with van der Waals surface area (Å²) in [5.74, 6) is 1.17. The van der Waals surface area contributed by atoms with Gasteiger partial charge >= 0.3 is 11.9 Å². The van der Waals surface area contributed by atoms with Crippen molar-refractivity contribution in [2.24, 2.45) is 0 Å². The highest BCUT2D eigenvalue weighted by Crippen LogP contribution is 2.32. The molecule has 0 fully saturated rings. The molecule has 0 bridgehead atoms. The second kappa shape index (κ2) is 19.8. The molecule has 0 unspecified atom stereocenters. The maximum atomic E-state index is 11.3. The zero-order chi connectivity index (χ0) is 33.3. The van der Waals surface area contributed by atoms with E-state index in [0.717, 1.165) is 41.8 Å². The van der Waals surface area contributed by atoms with Crippen LogP contribution in [0.1, 0.15) is 36.1 Å². The van der Waals surface area contributed by atoms with E-state index < -0.39 is 0 Å². The third-order valence-corrected chi connectivity index (χ3v) is 8.55. The van der Waals surface area contributed by atoms with Crippen LogP contribution < -0.4 is 9.47 Å². The van der Waals surface area contributed by atoms with Crippen LogP contribution in [0, 0.1) is 13.8 Å². The summed E-state index contributed by atoms with van der Waals surface area (Å²) in [6.45, 7) is 8.06. The number of hydrogen-bond acceptors (Lipinski definition) is 9. The Morgan fingerprint density at radius 2 is 1.02 bits per heavy atom. The Morgan fingerprint density at radius 1 is 0.630 bits per heavy atom. The summed E-state index contributed by atoms with van der Waals surface area (Å²) < 4.78 is 20.7. The monoisotopic (exact) mass is 682 g/mol. The molecule has 0 atom stereocenters. The number of hydrogen-bond donors (Lipinski definition) is 1. The molecule has 4 rings (SSSR count). The molecule has 0 aliphatic heterocycles. The van der Waals surface area contributed by atoms with Gasteiger partial charge in [-0.15, -0.1) is 11.6 Å². The summed E-state index contributed by atoms with van der Waals surface area (Å²) >= 11 is 9.10. The maximum absolute atomic E-state index is 11.3. The van der Waals surface area contributed by atoms with E-state index in [1.165, 1.54) is 0 Å². The number of halogens is 1. The van der Waals surface area contributed by atoms with E-state index in [1.807, 2.05) is 86.6 Å². The van der Waals surface area contributed by atoms with Crippen LogP contribution in [0.3, 0.4) is 0 Å².